The number of ether oxygens (including phenoxy) is 1. The highest BCUT2D eigenvalue weighted by atomic mass is 16.5. The highest BCUT2D eigenvalue weighted by Crippen LogP contribution is 2.20. The first-order valence-corrected chi connectivity index (χ1v) is 7.24. The van der Waals surface area contributed by atoms with Crippen LogP contribution in [0.3, 0.4) is 0 Å². The van der Waals surface area contributed by atoms with Crippen molar-refractivity contribution in [2.75, 3.05) is 32.8 Å². The molecule has 0 aromatic heterocycles. The molecule has 1 saturated heterocycles. The number of piperidine rings is 1. The Labute approximate surface area is 110 Å². The molecule has 0 amide bonds. The minimum absolute atomic E-state index is 0.311. The predicted molar refractivity (Wildman–Crippen MR) is 71.8 cm³/mol. The summed E-state index contributed by atoms with van der Waals surface area (Å²) in [6.45, 7) is 7.03. The van der Waals surface area contributed by atoms with Gasteiger partial charge in [-0.3, -0.25) is 4.79 Å². The minimum atomic E-state index is -0.671. The van der Waals surface area contributed by atoms with Crippen LogP contribution in [-0.4, -0.2) is 48.8 Å². The number of carboxylic acid groups (broad SMARTS) is 1. The summed E-state index contributed by atoms with van der Waals surface area (Å²) in [7, 11) is 0. The number of carbonyl (C=O) groups is 1. The number of carboxylic acids is 1. The third kappa shape index (κ3) is 6.97. The standard InChI is InChI=1S/C14H27NO3/c1-2-3-10-18-11-9-15-8-4-5-13(12-15)6-7-14(16)17/h13H,2-12H2,1H3,(H,16,17). The Hall–Kier alpha value is -0.610. The van der Waals surface area contributed by atoms with Gasteiger partial charge in [-0.25, -0.2) is 0 Å². The average molecular weight is 257 g/mol. The van der Waals surface area contributed by atoms with Crippen molar-refractivity contribution in [3.8, 4) is 0 Å². The van der Waals surface area contributed by atoms with E-state index < -0.39 is 5.97 Å². The molecule has 0 spiro atoms. The molecule has 1 fully saturated rings. The molecule has 1 aliphatic rings. The zero-order valence-corrected chi connectivity index (χ0v) is 11.6. The maximum absolute atomic E-state index is 10.6. The molecule has 4 heteroatoms. The first-order chi connectivity index (χ1) is 8.72. The molecule has 0 aliphatic carbocycles. The number of hydrogen-bond donors (Lipinski definition) is 1. The molecular weight excluding hydrogens is 230 g/mol. The van der Waals surface area contributed by atoms with Gasteiger partial charge in [0.25, 0.3) is 0 Å². The normalized spacial score (nSPS) is 21.1. The summed E-state index contributed by atoms with van der Waals surface area (Å²) in [5.41, 5.74) is 0. The van der Waals surface area contributed by atoms with Crippen LogP contribution in [0.1, 0.15) is 45.4 Å². The summed E-state index contributed by atoms with van der Waals surface area (Å²) in [6.07, 6.45) is 5.83. The van der Waals surface area contributed by atoms with Crippen LogP contribution in [0.15, 0.2) is 0 Å². The fraction of sp³-hybridized carbons (Fsp3) is 0.929. The SMILES string of the molecule is CCCCOCCN1CCCC(CCC(=O)O)C1. The molecule has 0 aromatic rings. The molecule has 0 saturated carbocycles. The molecule has 0 bridgehead atoms. The maximum Gasteiger partial charge on any atom is 0.303 e. The summed E-state index contributed by atoms with van der Waals surface area (Å²) < 4.78 is 5.57. The summed E-state index contributed by atoms with van der Waals surface area (Å²) in [6, 6.07) is 0. The van der Waals surface area contributed by atoms with E-state index in [1.165, 1.54) is 19.3 Å². The Morgan fingerprint density at radius 2 is 2.28 bits per heavy atom. The van der Waals surface area contributed by atoms with Gasteiger partial charge in [0.05, 0.1) is 6.61 Å². The summed E-state index contributed by atoms with van der Waals surface area (Å²) in [5, 5.41) is 8.70. The molecule has 4 nitrogen and oxygen atoms in total. The number of hydrogen-bond acceptors (Lipinski definition) is 3. The van der Waals surface area contributed by atoms with Crippen molar-refractivity contribution in [3.05, 3.63) is 0 Å². The quantitative estimate of drug-likeness (QED) is 0.644. The Morgan fingerprint density at radius 1 is 1.44 bits per heavy atom. The van der Waals surface area contributed by atoms with Gasteiger partial charge in [-0.15, -0.1) is 0 Å². The molecule has 18 heavy (non-hydrogen) atoms. The number of likely N-dealkylation sites (tertiary alicyclic amines) is 1. The van der Waals surface area contributed by atoms with E-state index in [-0.39, 0.29) is 0 Å². The van der Waals surface area contributed by atoms with Gasteiger partial charge in [0.15, 0.2) is 0 Å². The Balaban J connectivity index is 2.08. The van der Waals surface area contributed by atoms with E-state index in [4.69, 9.17) is 9.84 Å². The summed E-state index contributed by atoms with van der Waals surface area (Å²) in [4.78, 5) is 13.0. The first kappa shape index (κ1) is 15.4. The van der Waals surface area contributed by atoms with Crippen LogP contribution in [0.4, 0.5) is 0 Å². The van der Waals surface area contributed by atoms with E-state index in [9.17, 15) is 4.79 Å². The van der Waals surface area contributed by atoms with Crippen molar-refractivity contribution in [2.24, 2.45) is 5.92 Å². The maximum atomic E-state index is 10.6. The zero-order valence-electron chi connectivity index (χ0n) is 11.6. The van der Waals surface area contributed by atoms with Crippen LogP contribution in [0.5, 0.6) is 0 Å². The number of unbranched alkanes of at least 4 members (excludes halogenated alkanes) is 1. The van der Waals surface area contributed by atoms with Gasteiger partial charge in [-0.05, 0) is 38.1 Å². The van der Waals surface area contributed by atoms with E-state index in [0.717, 1.165) is 45.7 Å². The molecule has 1 rings (SSSR count). The summed E-state index contributed by atoms with van der Waals surface area (Å²) >= 11 is 0. The van der Waals surface area contributed by atoms with Crippen LogP contribution in [0, 0.1) is 5.92 Å². The molecule has 1 unspecified atom stereocenters. The topological polar surface area (TPSA) is 49.8 Å². The van der Waals surface area contributed by atoms with Crippen LogP contribution in [-0.2, 0) is 9.53 Å². The Kier molecular flexibility index (Phi) is 8.01. The molecule has 1 aliphatic heterocycles. The number of aliphatic carboxylic acids is 1. The lowest BCUT2D eigenvalue weighted by molar-refractivity contribution is -0.137. The molecule has 106 valence electrons. The van der Waals surface area contributed by atoms with Gasteiger partial charge in [0, 0.05) is 26.1 Å². The second-order valence-electron chi connectivity index (χ2n) is 5.21. The van der Waals surface area contributed by atoms with Crippen LogP contribution in [0.25, 0.3) is 0 Å². The van der Waals surface area contributed by atoms with Crippen LogP contribution < -0.4 is 0 Å². The fourth-order valence-electron chi connectivity index (χ4n) is 2.46. The van der Waals surface area contributed by atoms with E-state index in [0.29, 0.717) is 12.3 Å². The summed E-state index contributed by atoms with van der Waals surface area (Å²) in [5.74, 6) is -0.111. The van der Waals surface area contributed by atoms with E-state index in [1.807, 2.05) is 0 Å². The number of rotatable bonds is 9. The highest BCUT2D eigenvalue weighted by molar-refractivity contribution is 5.66. The van der Waals surface area contributed by atoms with Gasteiger partial charge < -0.3 is 14.7 Å². The van der Waals surface area contributed by atoms with Crippen LogP contribution in [0.2, 0.25) is 0 Å². The molecule has 0 radical (unpaired) electrons. The largest absolute Gasteiger partial charge is 0.481 e. The van der Waals surface area contributed by atoms with Crippen molar-refractivity contribution in [2.45, 2.75) is 45.4 Å². The van der Waals surface area contributed by atoms with Gasteiger partial charge in [0.1, 0.15) is 0 Å². The van der Waals surface area contributed by atoms with Crippen molar-refractivity contribution in [1.82, 2.24) is 4.90 Å². The van der Waals surface area contributed by atoms with Gasteiger partial charge in [0.2, 0.25) is 0 Å². The lowest BCUT2D eigenvalue weighted by Crippen LogP contribution is -2.37. The minimum Gasteiger partial charge on any atom is -0.481 e. The zero-order chi connectivity index (χ0) is 13.2. The van der Waals surface area contributed by atoms with Crippen molar-refractivity contribution in [1.29, 1.82) is 0 Å². The van der Waals surface area contributed by atoms with E-state index >= 15 is 0 Å². The van der Waals surface area contributed by atoms with Gasteiger partial charge in [-0.1, -0.05) is 13.3 Å². The average Bonchev–Trinajstić information content (AvgIpc) is 2.37. The van der Waals surface area contributed by atoms with E-state index in [2.05, 4.69) is 11.8 Å². The number of nitrogens with zero attached hydrogens (tertiary/aromatic N) is 1. The third-order valence-electron chi connectivity index (χ3n) is 3.56. The lowest BCUT2D eigenvalue weighted by Gasteiger charge is -2.32. The van der Waals surface area contributed by atoms with Crippen LogP contribution >= 0.6 is 0 Å². The monoisotopic (exact) mass is 257 g/mol. The second kappa shape index (κ2) is 9.34. The molecule has 1 heterocycles. The van der Waals surface area contributed by atoms with Crippen molar-refractivity contribution < 1.29 is 14.6 Å². The Bertz CT molecular complexity index is 233. The smallest absolute Gasteiger partial charge is 0.303 e. The second-order valence-corrected chi connectivity index (χ2v) is 5.21. The highest BCUT2D eigenvalue weighted by Gasteiger charge is 2.20. The lowest BCUT2D eigenvalue weighted by atomic mass is 9.93. The van der Waals surface area contributed by atoms with Gasteiger partial charge in [-0.2, -0.15) is 0 Å². The molecule has 1 atom stereocenters. The predicted octanol–water partition coefficient (Wildman–Crippen LogP) is 2.38. The molecule has 1 N–H and O–H groups in total. The van der Waals surface area contributed by atoms with Gasteiger partial charge >= 0.3 is 5.97 Å². The third-order valence-corrected chi connectivity index (χ3v) is 3.56. The van der Waals surface area contributed by atoms with Crippen molar-refractivity contribution >= 4 is 5.97 Å². The van der Waals surface area contributed by atoms with E-state index in [1.54, 1.807) is 0 Å². The Morgan fingerprint density at radius 3 is 3.00 bits per heavy atom. The van der Waals surface area contributed by atoms with Crippen molar-refractivity contribution in [3.63, 3.8) is 0 Å². The molecule has 0 aromatic carbocycles. The fourth-order valence-corrected chi connectivity index (χ4v) is 2.46. The first-order valence-electron chi connectivity index (χ1n) is 7.24. The molecular formula is C14H27NO3.